The maximum atomic E-state index is 13.3. The van der Waals surface area contributed by atoms with Crippen LogP contribution in [0.4, 0.5) is 11.4 Å². The average molecular weight is 436 g/mol. The van der Waals surface area contributed by atoms with E-state index in [-0.39, 0.29) is 17.2 Å². The van der Waals surface area contributed by atoms with Crippen molar-refractivity contribution in [1.82, 2.24) is 4.90 Å². The minimum absolute atomic E-state index is 0.0150. The molecule has 0 aromatic heterocycles. The largest absolute Gasteiger partial charge is 0.371 e. The molecule has 0 radical (unpaired) electrons. The fraction of sp³-hybridized carbons (Fsp3) is 0.481. The van der Waals surface area contributed by atoms with Gasteiger partial charge in [0.2, 0.25) is 0 Å². The summed E-state index contributed by atoms with van der Waals surface area (Å²) in [4.78, 5) is 30.3. The van der Waals surface area contributed by atoms with Crippen LogP contribution in [0.3, 0.4) is 0 Å². The molecule has 5 heteroatoms. The molecule has 0 bridgehead atoms. The summed E-state index contributed by atoms with van der Waals surface area (Å²) in [6.45, 7) is 13.7. The topological polar surface area (TPSA) is 52.7 Å². The number of hydrogen-bond acceptors (Lipinski definition) is 3. The van der Waals surface area contributed by atoms with Crippen LogP contribution >= 0.6 is 0 Å². The van der Waals surface area contributed by atoms with Gasteiger partial charge in [0.1, 0.15) is 0 Å². The van der Waals surface area contributed by atoms with Gasteiger partial charge in [0, 0.05) is 43.1 Å². The normalized spacial score (nSPS) is 14.2. The third-order valence-electron chi connectivity index (χ3n) is 6.25. The standard InChI is InChI=1S/C27H37N3O2/c1-6-29(7-2)26(32)23-19-22(15-16-24(23)30-17-9-8-10-18-30)28-25(31)20-11-13-21(14-12-20)27(3,4)5/h11-16,19H,6-10,17-18H2,1-5H3,(H,28,31). The van der Waals surface area contributed by atoms with E-state index in [1.807, 2.05) is 61.2 Å². The molecule has 3 rings (SSSR count). The number of nitrogens with one attached hydrogen (secondary N) is 1. The summed E-state index contributed by atoms with van der Waals surface area (Å²) in [6, 6.07) is 13.5. The molecule has 2 amide bonds. The molecule has 2 aromatic rings. The number of hydrogen-bond donors (Lipinski definition) is 1. The van der Waals surface area contributed by atoms with Gasteiger partial charge >= 0.3 is 0 Å². The molecule has 0 spiro atoms. The predicted octanol–water partition coefficient (Wildman–Crippen LogP) is 5.71. The number of nitrogens with zero attached hydrogens (tertiary/aromatic N) is 2. The fourth-order valence-electron chi connectivity index (χ4n) is 4.20. The Bertz CT molecular complexity index is 934. The highest BCUT2D eigenvalue weighted by molar-refractivity contribution is 6.06. The highest BCUT2D eigenvalue weighted by atomic mass is 16.2. The van der Waals surface area contributed by atoms with Crippen molar-refractivity contribution >= 4 is 23.2 Å². The van der Waals surface area contributed by atoms with Crippen LogP contribution in [-0.2, 0) is 5.41 Å². The van der Waals surface area contributed by atoms with Crippen molar-refractivity contribution in [2.45, 2.75) is 59.3 Å². The van der Waals surface area contributed by atoms with Crippen LogP contribution in [-0.4, -0.2) is 42.9 Å². The van der Waals surface area contributed by atoms with Crippen molar-refractivity contribution in [3.63, 3.8) is 0 Å². The zero-order valence-corrected chi connectivity index (χ0v) is 20.2. The van der Waals surface area contributed by atoms with Gasteiger partial charge in [-0.2, -0.15) is 0 Å². The molecule has 0 saturated carbocycles. The van der Waals surface area contributed by atoms with E-state index in [9.17, 15) is 9.59 Å². The van der Waals surface area contributed by atoms with Crippen molar-refractivity contribution in [3.05, 3.63) is 59.2 Å². The lowest BCUT2D eigenvalue weighted by Crippen LogP contribution is -2.35. The number of piperidine rings is 1. The zero-order chi connectivity index (χ0) is 23.3. The Morgan fingerprint density at radius 3 is 2.12 bits per heavy atom. The first-order chi connectivity index (χ1) is 15.2. The van der Waals surface area contributed by atoms with Gasteiger partial charge in [-0.15, -0.1) is 0 Å². The molecule has 1 aliphatic heterocycles. The molecule has 1 heterocycles. The van der Waals surface area contributed by atoms with Gasteiger partial charge in [-0.25, -0.2) is 0 Å². The van der Waals surface area contributed by atoms with Crippen molar-refractivity contribution in [2.24, 2.45) is 0 Å². The van der Waals surface area contributed by atoms with E-state index < -0.39 is 0 Å². The smallest absolute Gasteiger partial charge is 0.256 e. The second-order valence-corrected chi connectivity index (χ2v) is 9.54. The molecule has 2 aromatic carbocycles. The molecule has 1 aliphatic rings. The molecular formula is C27H37N3O2. The predicted molar refractivity (Wildman–Crippen MR) is 133 cm³/mol. The molecule has 0 unspecified atom stereocenters. The third kappa shape index (κ3) is 5.50. The van der Waals surface area contributed by atoms with Gasteiger partial charge in [0.15, 0.2) is 0 Å². The first-order valence-electron chi connectivity index (χ1n) is 11.8. The summed E-state index contributed by atoms with van der Waals surface area (Å²) in [6.07, 6.45) is 3.52. The van der Waals surface area contributed by atoms with Crippen LogP contribution in [0.15, 0.2) is 42.5 Å². The fourth-order valence-corrected chi connectivity index (χ4v) is 4.20. The van der Waals surface area contributed by atoms with E-state index in [4.69, 9.17) is 0 Å². The number of benzene rings is 2. The Morgan fingerprint density at radius 1 is 0.938 bits per heavy atom. The van der Waals surface area contributed by atoms with Crippen LogP contribution in [0, 0.1) is 0 Å². The number of carbonyl (C=O) groups excluding carboxylic acids is 2. The molecule has 5 nitrogen and oxygen atoms in total. The lowest BCUT2D eigenvalue weighted by Gasteiger charge is -2.31. The van der Waals surface area contributed by atoms with Gasteiger partial charge in [-0.3, -0.25) is 9.59 Å². The van der Waals surface area contributed by atoms with Gasteiger partial charge in [0.25, 0.3) is 11.8 Å². The van der Waals surface area contributed by atoms with E-state index >= 15 is 0 Å². The summed E-state index contributed by atoms with van der Waals surface area (Å²) < 4.78 is 0. The van der Waals surface area contributed by atoms with Crippen LogP contribution in [0.2, 0.25) is 0 Å². The Labute approximate surface area is 192 Å². The lowest BCUT2D eigenvalue weighted by molar-refractivity contribution is 0.0773. The number of amides is 2. The SMILES string of the molecule is CCN(CC)C(=O)c1cc(NC(=O)c2ccc(C(C)(C)C)cc2)ccc1N1CCCCC1. The highest BCUT2D eigenvalue weighted by Gasteiger charge is 2.22. The molecule has 0 aliphatic carbocycles. The Hall–Kier alpha value is -2.82. The molecular weight excluding hydrogens is 398 g/mol. The Kier molecular flexibility index (Phi) is 7.60. The van der Waals surface area contributed by atoms with Crippen LogP contribution in [0.25, 0.3) is 0 Å². The highest BCUT2D eigenvalue weighted by Crippen LogP contribution is 2.29. The Balaban J connectivity index is 1.87. The van der Waals surface area contributed by atoms with Crippen molar-refractivity contribution in [3.8, 4) is 0 Å². The van der Waals surface area contributed by atoms with Crippen LogP contribution in [0.1, 0.15) is 80.2 Å². The van der Waals surface area contributed by atoms with Crippen LogP contribution in [0.5, 0.6) is 0 Å². The average Bonchev–Trinajstić information content (AvgIpc) is 2.80. The van der Waals surface area contributed by atoms with Gasteiger partial charge < -0.3 is 15.1 Å². The molecule has 172 valence electrons. The Morgan fingerprint density at radius 2 is 1.56 bits per heavy atom. The maximum Gasteiger partial charge on any atom is 0.256 e. The third-order valence-corrected chi connectivity index (χ3v) is 6.25. The summed E-state index contributed by atoms with van der Waals surface area (Å²) in [5, 5.41) is 2.99. The van der Waals surface area contributed by atoms with Crippen molar-refractivity contribution in [1.29, 1.82) is 0 Å². The first kappa shape index (κ1) is 23.8. The number of rotatable bonds is 6. The second-order valence-electron chi connectivity index (χ2n) is 9.54. The number of carbonyl (C=O) groups is 2. The van der Waals surface area contributed by atoms with E-state index in [1.54, 1.807) is 0 Å². The van der Waals surface area contributed by atoms with E-state index in [0.29, 0.717) is 29.9 Å². The molecule has 1 fully saturated rings. The molecule has 0 atom stereocenters. The van der Waals surface area contributed by atoms with Crippen molar-refractivity contribution < 1.29 is 9.59 Å². The van der Waals surface area contributed by atoms with E-state index in [1.165, 1.54) is 12.0 Å². The van der Waals surface area contributed by atoms with E-state index in [2.05, 4.69) is 31.0 Å². The molecule has 32 heavy (non-hydrogen) atoms. The zero-order valence-electron chi connectivity index (χ0n) is 20.2. The van der Waals surface area contributed by atoms with Crippen molar-refractivity contribution in [2.75, 3.05) is 36.4 Å². The van der Waals surface area contributed by atoms with Gasteiger partial charge in [0.05, 0.1) is 5.56 Å². The second kappa shape index (κ2) is 10.2. The monoisotopic (exact) mass is 435 g/mol. The first-order valence-corrected chi connectivity index (χ1v) is 11.8. The minimum Gasteiger partial charge on any atom is -0.371 e. The van der Waals surface area contributed by atoms with Gasteiger partial charge in [-0.05, 0) is 74.4 Å². The maximum absolute atomic E-state index is 13.3. The molecule has 1 saturated heterocycles. The van der Waals surface area contributed by atoms with Crippen LogP contribution < -0.4 is 10.2 Å². The number of anilines is 2. The summed E-state index contributed by atoms with van der Waals surface area (Å²) in [7, 11) is 0. The summed E-state index contributed by atoms with van der Waals surface area (Å²) in [5.41, 5.74) is 4.11. The summed E-state index contributed by atoms with van der Waals surface area (Å²) >= 11 is 0. The van der Waals surface area contributed by atoms with Gasteiger partial charge in [-0.1, -0.05) is 32.9 Å². The lowest BCUT2D eigenvalue weighted by atomic mass is 9.87. The quantitative estimate of drug-likeness (QED) is 0.632. The minimum atomic E-state index is -0.169. The molecule has 1 N–H and O–H groups in total. The summed E-state index contributed by atoms with van der Waals surface area (Å²) in [5.74, 6) is -0.154. The van der Waals surface area contributed by atoms with E-state index in [0.717, 1.165) is 31.6 Å².